The van der Waals surface area contributed by atoms with Crippen LogP contribution in [0.15, 0.2) is 10.6 Å². The first kappa shape index (κ1) is 12.1. The normalized spacial score (nSPS) is 24.6. The van der Waals surface area contributed by atoms with Crippen LogP contribution in [0.25, 0.3) is 0 Å². The highest BCUT2D eigenvalue weighted by Gasteiger charge is 2.26. The molecule has 0 saturated carbocycles. The number of piperidine rings is 1. The van der Waals surface area contributed by atoms with Crippen LogP contribution in [-0.4, -0.2) is 23.7 Å². The van der Waals surface area contributed by atoms with E-state index in [-0.39, 0.29) is 11.9 Å². The molecule has 2 rings (SSSR count). The van der Waals surface area contributed by atoms with Gasteiger partial charge in [0.15, 0.2) is 0 Å². The van der Waals surface area contributed by atoms with Gasteiger partial charge in [0.25, 0.3) is 0 Å². The molecule has 0 spiro atoms. The summed E-state index contributed by atoms with van der Waals surface area (Å²) in [5.74, 6) is 1.04. The van der Waals surface area contributed by atoms with E-state index in [4.69, 9.17) is 4.52 Å². The van der Waals surface area contributed by atoms with Gasteiger partial charge >= 0.3 is 0 Å². The van der Waals surface area contributed by atoms with Gasteiger partial charge in [-0.25, -0.2) is 0 Å². The highest BCUT2D eigenvalue weighted by atomic mass is 16.5. The molecule has 0 aromatic carbocycles. The van der Waals surface area contributed by atoms with Gasteiger partial charge < -0.3 is 9.84 Å². The van der Waals surface area contributed by atoms with E-state index in [1.807, 2.05) is 6.92 Å². The molecule has 2 unspecified atom stereocenters. The minimum atomic E-state index is -0.112. The Balaban J connectivity index is 1.91. The first-order chi connectivity index (χ1) is 8.19. The number of aromatic nitrogens is 1. The van der Waals surface area contributed by atoms with Gasteiger partial charge in [0.05, 0.1) is 11.7 Å². The number of hydrogen-bond acceptors (Lipinski definition) is 4. The SMILES string of the molecule is CCC1CCNC(C(=O)Nc2cc(C)no2)C1. The minimum absolute atomic E-state index is 0.0284. The Labute approximate surface area is 101 Å². The number of nitrogens with zero attached hydrogens (tertiary/aromatic N) is 1. The second kappa shape index (κ2) is 5.31. The van der Waals surface area contributed by atoms with Crippen LogP contribution in [0.5, 0.6) is 0 Å². The Hall–Kier alpha value is -1.36. The molecular weight excluding hydrogens is 218 g/mol. The number of aryl methyl sites for hydroxylation is 1. The molecule has 1 fully saturated rings. The van der Waals surface area contributed by atoms with Crippen LogP contribution in [0.2, 0.25) is 0 Å². The van der Waals surface area contributed by atoms with Crippen LogP contribution in [0.3, 0.4) is 0 Å². The lowest BCUT2D eigenvalue weighted by molar-refractivity contribution is -0.119. The Kier molecular flexibility index (Phi) is 3.78. The molecule has 2 atom stereocenters. The number of rotatable bonds is 3. The van der Waals surface area contributed by atoms with Crippen molar-refractivity contribution in [3.8, 4) is 0 Å². The molecule has 2 N–H and O–H groups in total. The van der Waals surface area contributed by atoms with Crippen LogP contribution in [0.4, 0.5) is 5.88 Å². The van der Waals surface area contributed by atoms with E-state index < -0.39 is 0 Å². The summed E-state index contributed by atoms with van der Waals surface area (Å²) in [6.45, 7) is 4.90. The van der Waals surface area contributed by atoms with Crippen molar-refractivity contribution in [3.05, 3.63) is 11.8 Å². The maximum Gasteiger partial charge on any atom is 0.243 e. The summed E-state index contributed by atoms with van der Waals surface area (Å²) in [4.78, 5) is 12.0. The second-order valence-electron chi connectivity index (χ2n) is 4.63. The number of anilines is 1. The third-order valence-corrected chi connectivity index (χ3v) is 3.28. The molecule has 1 amide bonds. The molecule has 2 heterocycles. The van der Waals surface area contributed by atoms with Gasteiger partial charge in [-0.3, -0.25) is 10.1 Å². The Morgan fingerprint density at radius 2 is 2.53 bits per heavy atom. The molecule has 1 aromatic heterocycles. The van der Waals surface area contributed by atoms with Gasteiger partial charge in [0, 0.05) is 6.07 Å². The maximum absolute atomic E-state index is 12.0. The molecule has 17 heavy (non-hydrogen) atoms. The molecule has 1 aliphatic rings. The lowest BCUT2D eigenvalue weighted by Gasteiger charge is -2.28. The highest BCUT2D eigenvalue weighted by molar-refractivity contribution is 5.93. The fourth-order valence-corrected chi connectivity index (χ4v) is 2.20. The summed E-state index contributed by atoms with van der Waals surface area (Å²) in [6.07, 6.45) is 3.18. The summed E-state index contributed by atoms with van der Waals surface area (Å²) in [7, 11) is 0. The monoisotopic (exact) mass is 237 g/mol. The topological polar surface area (TPSA) is 67.2 Å². The highest BCUT2D eigenvalue weighted by Crippen LogP contribution is 2.20. The lowest BCUT2D eigenvalue weighted by atomic mass is 9.90. The molecule has 1 saturated heterocycles. The van der Waals surface area contributed by atoms with Crippen molar-refractivity contribution in [2.75, 3.05) is 11.9 Å². The zero-order valence-electron chi connectivity index (χ0n) is 10.3. The minimum Gasteiger partial charge on any atom is -0.338 e. The average Bonchev–Trinajstić information content (AvgIpc) is 2.75. The number of carbonyl (C=O) groups is 1. The van der Waals surface area contributed by atoms with Gasteiger partial charge in [-0.1, -0.05) is 18.5 Å². The lowest BCUT2D eigenvalue weighted by Crippen LogP contribution is -2.46. The number of amides is 1. The fraction of sp³-hybridized carbons (Fsp3) is 0.667. The zero-order valence-corrected chi connectivity index (χ0v) is 10.3. The van der Waals surface area contributed by atoms with Crippen LogP contribution in [0.1, 0.15) is 31.9 Å². The summed E-state index contributed by atoms with van der Waals surface area (Å²) < 4.78 is 4.97. The van der Waals surface area contributed by atoms with Crippen molar-refractivity contribution in [2.45, 2.75) is 39.2 Å². The molecule has 1 aromatic rings. The summed E-state index contributed by atoms with van der Waals surface area (Å²) >= 11 is 0. The van der Waals surface area contributed by atoms with E-state index in [1.54, 1.807) is 6.07 Å². The molecular formula is C12H19N3O2. The molecule has 94 valence electrons. The van der Waals surface area contributed by atoms with Gasteiger partial charge in [-0.2, -0.15) is 0 Å². The van der Waals surface area contributed by atoms with Gasteiger partial charge in [-0.05, 0) is 32.2 Å². The first-order valence-electron chi connectivity index (χ1n) is 6.16. The molecule has 0 bridgehead atoms. The predicted molar refractivity (Wildman–Crippen MR) is 64.7 cm³/mol. The third-order valence-electron chi connectivity index (χ3n) is 3.28. The van der Waals surface area contributed by atoms with E-state index in [9.17, 15) is 4.79 Å². The van der Waals surface area contributed by atoms with Crippen molar-refractivity contribution in [1.29, 1.82) is 0 Å². The van der Waals surface area contributed by atoms with Gasteiger partial charge in [-0.15, -0.1) is 0 Å². The van der Waals surface area contributed by atoms with E-state index in [0.717, 1.165) is 31.5 Å². The van der Waals surface area contributed by atoms with Crippen molar-refractivity contribution < 1.29 is 9.32 Å². The van der Waals surface area contributed by atoms with E-state index in [1.165, 1.54) is 0 Å². The molecule has 5 nitrogen and oxygen atoms in total. The molecule has 0 aliphatic carbocycles. The fourth-order valence-electron chi connectivity index (χ4n) is 2.20. The largest absolute Gasteiger partial charge is 0.338 e. The first-order valence-corrected chi connectivity index (χ1v) is 6.16. The van der Waals surface area contributed by atoms with E-state index in [2.05, 4.69) is 22.7 Å². The summed E-state index contributed by atoms with van der Waals surface area (Å²) in [6, 6.07) is 1.61. The van der Waals surface area contributed by atoms with Crippen molar-refractivity contribution in [2.24, 2.45) is 5.92 Å². The Bertz CT molecular complexity index is 389. The average molecular weight is 237 g/mol. The van der Waals surface area contributed by atoms with Crippen LogP contribution in [0, 0.1) is 12.8 Å². The second-order valence-corrected chi connectivity index (χ2v) is 4.63. The third kappa shape index (κ3) is 3.06. The van der Waals surface area contributed by atoms with Crippen molar-refractivity contribution in [1.82, 2.24) is 10.5 Å². The predicted octanol–water partition coefficient (Wildman–Crippen LogP) is 1.70. The Morgan fingerprint density at radius 3 is 3.18 bits per heavy atom. The van der Waals surface area contributed by atoms with Gasteiger partial charge in [0.1, 0.15) is 0 Å². The van der Waals surface area contributed by atoms with E-state index in [0.29, 0.717) is 11.8 Å². The van der Waals surface area contributed by atoms with Crippen molar-refractivity contribution in [3.63, 3.8) is 0 Å². The van der Waals surface area contributed by atoms with Crippen LogP contribution >= 0.6 is 0 Å². The smallest absolute Gasteiger partial charge is 0.243 e. The summed E-state index contributed by atoms with van der Waals surface area (Å²) in [5.41, 5.74) is 0.767. The molecule has 1 aliphatic heterocycles. The molecule has 5 heteroatoms. The van der Waals surface area contributed by atoms with Crippen LogP contribution in [-0.2, 0) is 4.79 Å². The number of hydrogen-bond donors (Lipinski definition) is 2. The quantitative estimate of drug-likeness (QED) is 0.839. The zero-order chi connectivity index (χ0) is 12.3. The van der Waals surface area contributed by atoms with Crippen molar-refractivity contribution >= 4 is 11.8 Å². The van der Waals surface area contributed by atoms with E-state index >= 15 is 0 Å². The van der Waals surface area contributed by atoms with Gasteiger partial charge in [0.2, 0.25) is 11.8 Å². The Morgan fingerprint density at radius 1 is 1.71 bits per heavy atom. The number of carbonyl (C=O) groups excluding carboxylic acids is 1. The summed E-state index contributed by atoms with van der Waals surface area (Å²) in [5, 5.41) is 9.72. The van der Waals surface area contributed by atoms with Crippen LogP contribution < -0.4 is 10.6 Å². The molecule has 0 radical (unpaired) electrons. The maximum atomic E-state index is 12.0. The number of nitrogens with one attached hydrogen (secondary N) is 2. The standard InChI is InChI=1S/C12H19N3O2/c1-3-9-4-5-13-10(7-9)12(16)14-11-6-8(2)15-17-11/h6,9-10,13H,3-5,7H2,1-2H3,(H,14,16).